The Morgan fingerprint density at radius 3 is 2.20 bits per heavy atom. The van der Waals surface area contributed by atoms with Crippen molar-refractivity contribution in [3.05, 3.63) is 35.4 Å². The molecule has 0 saturated carbocycles. The van der Waals surface area contributed by atoms with Gasteiger partial charge in [-0.3, -0.25) is 9.59 Å². The van der Waals surface area contributed by atoms with Crippen molar-refractivity contribution in [1.29, 1.82) is 0 Å². The van der Waals surface area contributed by atoms with Crippen molar-refractivity contribution in [2.75, 3.05) is 0 Å². The standard InChI is InChI=1S/C16H18O4/c1-4-15-10(3)19-16(5-2,20-15)14(18)12-9-7-6-8-11(12)13(15)17/h6-10H,4-5H2,1-3H3/t10-,15+,16+/m0/s1. The summed E-state index contributed by atoms with van der Waals surface area (Å²) in [5.41, 5.74) is -0.204. The van der Waals surface area contributed by atoms with Crippen LogP contribution in [-0.4, -0.2) is 29.1 Å². The number of ketones is 2. The number of fused-ring (bicyclic) bond motifs is 3. The molecule has 1 aromatic carbocycles. The summed E-state index contributed by atoms with van der Waals surface area (Å²) in [7, 11) is 0. The summed E-state index contributed by atoms with van der Waals surface area (Å²) in [5, 5.41) is 0. The number of carbonyl (C=O) groups excluding carboxylic acids is 2. The van der Waals surface area contributed by atoms with Crippen LogP contribution in [0, 0.1) is 0 Å². The fraction of sp³-hybridized carbons (Fsp3) is 0.500. The van der Waals surface area contributed by atoms with Gasteiger partial charge in [-0.2, -0.15) is 0 Å². The average molecular weight is 274 g/mol. The molecule has 0 aliphatic carbocycles. The van der Waals surface area contributed by atoms with Crippen molar-refractivity contribution < 1.29 is 19.1 Å². The fourth-order valence-electron chi connectivity index (χ4n) is 3.26. The van der Waals surface area contributed by atoms with E-state index in [0.717, 1.165) is 0 Å². The highest BCUT2D eigenvalue weighted by atomic mass is 16.8. The van der Waals surface area contributed by atoms with Crippen molar-refractivity contribution in [1.82, 2.24) is 0 Å². The van der Waals surface area contributed by atoms with E-state index < -0.39 is 17.5 Å². The van der Waals surface area contributed by atoms with E-state index in [9.17, 15) is 9.59 Å². The second-order valence-corrected chi connectivity index (χ2v) is 5.42. The molecule has 3 rings (SSSR count). The molecular weight excluding hydrogens is 256 g/mol. The molecular formula is C16H18O4. The van der Waals surface area contributed by atoms with Crippen molar-refractivity contribution in [2.45, 2.75) is 51.1 Å². The maximum Gasteiger partial charge on any atom is 0.234 e. The summed E-state index contributed by atoms with van der Waals surface area (Å²) in [6.07, 6.45) is 0.438. The molecule has 0 aromatic heterocycles. The van der Waals surface area contributed by atoms with E-state index in [4.69, 9.17) is 9.47 Å². The highest BCUT2D eigenvalue weighted by Gasteiger charge is 2.63. The lowest BCUT2D eigenvalue weighted by molar-refractivity contribution is -0.147. The molecule has 3 atom stereocenters. The largest absolute Gasteiger partial charge is 0.337 e. The number of carbonyl (C=O) groups is 2. The monoisotopic (exact) mass is 274 g/mol. The van der Waals surface area contributed by atoms with E-state index in [1.807, 2.05) is 13.8 Å². The minimum atomic E-state index is -1.32. The molecule has 1 aromatic rings. The topological polar surface area (TPSA) is 52.6 Å². The first-order valence-electron chi connectivity index (χ1n) is 7.07. The molecule has 0 unspecified atom stereocenters. The molecule has 0 amide bonds. The number of ether oxygens (including phenoxy) is 2. The van der Waals surface area contributed by atoms with Gasteiger partial charge in [0.2, 0.25) is 11.6 Å². The predicted molar refractivity (Wildman–Crippen MR) is 72.8 cm³/mol. The van der Waals surface area contributed by atoms with Gasteiger partial charge in [-0.15, -0.1) is 0 Å². The number of Topliss-reactive ketones (excluding diaryl/α,β-unsaturated/α-hetero) is 2. The Morgan fingerprint density at radius 2 is 1.65 bits per heavy atom. The molecule has 1 saturated heterocycles. The molecule has 106 valence electrons. The van der Waals surface area contributed by atoms with E-state index in [-0.39, 0.29) is 11.6 Å². The predicted octanol–water partition coefficient (Wildman–Crippen LogP) is 2.76. The summed E-state index contributed by atoms with van der Waals surface area (Å²) in [4.78, 5) is 25.7. The molecule has 0 radical (unpaired) electrons. The first-order chi connectivity index (χ1) is 9.50. The second kappa shape index (κ2) is 4.24. The maximum atomic E-state index is 12.9. The molecule has 4 nitrogen and oxygen atoms in total. The van der Waals surface area contributed by atoms with Gasteiger partial charge in [-0.05, 0) is 13.3 Å². The average Bonchev–Trinajstić information content (AvgIpc) is 2.76. The molecule has 4 heteroatoms. The van der Waals surface area contributed by atoms with Crippen molar-refractivity contribution in [3.63, 3.8) is 0 Å². The molecule has 0 spiro atoms. The van der Waals surface area contributed by atoms with Gasteiger partial charge < -0.3 is 9.47 Å². The van der Waals surface area contributed by atoms with Gasteiger partial charge in [0.05, 0.1) is 6.10 Å². The van der Waals surface area contributed by atoms with Crippen LogP contribution in [0.2, 0.25) is 0 Å². The lowest BCUT2D eigenvalue weighted by Crippen LogP contribution is -2.46. The van der Waals surface area contributed by atoms with Gasteiger partial charge >= 0.3 is 0 Å². The zero-order valence-corrected chi connectivity index (χ0v) is 11.9. The van der Waals surface area contributed by atoms with Crippen molar-refractivity contribution in [3.8, 4) is 0 Å². The van der Waals surface area contributed by atoms with Gasteiger partial charge in [0.1, 0.15) is 0 Å². The maximum absolute atomic E-state index is 12.9. The third-order valence-corrected chi connectivity index (χ3v) is 4.51. The van der Waals surface area contributed by atoms with E-state index >= 15 is 0 Å². The van der Waals surface area contributed by atoms with Crippen LogP contribution in [0.1, 0.15) is 54.3 Å². The van der Waals surface area contributed by atoms with Crippen LogP contribution in [-0.2, 0) is 9.47 Å². The van der Waals surface area contributed by atoms with Crippen LogP contribution in [0.4, 0.5) is 0 Å². The minimum Gasteiger partial charge on any atom is -0.337 e. The molecule has 0 N–H and O–H groups in total. The van der Waals surface area contributed by atoms with Gasteiger partial charge in [-0.1, -0.05) is 38.1 Å². The third kappa shape index (κ3) is 1.43. The summed E-state index contributed by atoms with van der Waals surface area (Å²) in [5.74, 6) is -1.72. The summed E-state index contributed by atoms with van der Waals surface area (Å²) in [6, 6.07) is 6.91. The van der Waals surface area contributed by atoms with Crippen LogP contribution >= 0.6 is 0 Å². The highest BCUT2D eigenvalue weighted by Crippen LogP contribution is 2.47. The SMILES string of the molecule is CC[C@@]12O[C@@H](C)[C@@](CC)(O1)C(=O)c1ccccc1C2=O. The lowest BCUT2D eigenvalue weighted by Gasteiger charge is -2.27. The van der Waals surface area contributed by atoms with Crippen molar-refractivity contribution in [2.24, 2.45) is 0 Å². The van der Waals surface area contributed by atoms with Crippen LogP contribution in [0.15, 0.2) is 24.3 Å². The van der Waals surface area contributed by atoms with Gasteiger partial charge in [0.25, 0.3) is 0 Å². The highest BCUT2D eigenvalue weighted by molar-refractivity contribution is 6.16. The molecule has 1 fully saturated rings. The van der Waals surface area contributed by atoms with Crippen LogP contribution in [0.3, 0.4) is 0 Å². The lowest BCUT2D eigenvalue weighted by atomic mass is 9.83. The van der Waals surface area contributed by atoms with Gasteiger partial charge in [-0.25, -0.2) is 0 Å². The quantitative estimate of drug-likeness (QED) is 0.832. The van der Waals surface area contributed by atoms with E-state index in [1.54, 1.807) is 31.2 Å². The molecule has 20 heavy (non-hydrogen) atoms. The molecule has 2 aliphatic rings. The number of hydrogen-bond donors (Lipinski definition) is 0. The zero-order chi connectivity index (χ0) is 14.5. The van der Waals surface area contributed by atoms with E-state index in [0.29, 0.717) is 24.0 Å². The third-order valence-electron chi connectivity index (χ3n) is 4.51. The van der Waals surface area contributed by atoms with Gasteiger partial charge in [0.15, 0.2) is 11.4 Å². The fourth-order valence-corrected chi connectivity index (χ4v) is 3.26. The Balaban J connectivity index is 2.30. The van der Waals surface area contributed by atoms with Crippen LogP contribution in [0.5, 0.6) is 0 Å². The first-order valence-corrected chi connectivity index (χ1v) is 7.07. The molecule has 2 heterocycles. The zero-order valence-electron chi connectivity index (χ0n) is 11.9. The van der Waals surface area contributed by atoms with Crippen LogP contribution in [0.25, 0.3) is 0 Å². The number of rotatable bonds is 2. The van der Waals surface area contributed by atoms with Crippen LogP contribution < -0.4 is 0 Å². The second-order valence-electron chi connectivity index (χ2n) is 5.42. The normalized spacial score (nSPS) is 35.9. The smallest absolute Gasteiger partial charge is 0.234 e. The summed E-state index contributed by atoms with van der Waals surface area (Å²) < 4.78 is 11.8. The Morgan fingerprint density at radius 1 is 1.05 bits per heavy atom. The number of benzene rings is 1. The minimum absolute atomic E-state index is 0.149. The summed E-state index contributed by atoms with van der Waals surface area (Å²) in [6.45, 7) is 5.54. The Labute approximate surface area is 118 Å². The van der Waals surface area contributed by atoms with E-state index in [2.05, 4.69) is 0 Å². The van der Waals surface area contributed by atoms with E-state index in [1.165, 1.54) is 0 Å². The Kier molecular flexibility index (Phi) is 2.85. The van der Waals surface area contributed by atoms with Crippen molar-refractivity contribution >= 4 is 11.6 Å². The first kappa shape index (κ1) is 13.5. The summed E-state index contributed by atoms with van der Waals surface area (Å²) >= 11 is 0. The Hall–Kier alpha value is -1.52. The number of hydrogen-bond acceptors (Lipinski definition) is 4. The molecule has 2 bridgehead atoms. The Bertz CT molecular complexity index is 594. The van der Waals surface area contributed by atoms with Gasteiger partial charge in [0, 0.05) is 17.5 Å². The molecule has 2 aliphatic heterocycles.